The molecule has 0 spiro atoms. The van der Waals surface area contributed by atoms with Gasteiger partial charge in [0.1, 0.15) is 0 Å². The van der Waals surface area contributed by atoms with Gasteiger partial charge in [0.25, 0.3) is 0 Å². The molecule has 8 heteroatoms. The van der Waals surface area contributed by atoms with E-state index in [0.717, 1.165) is 50.9 Å². The summed E-state index contributed by atoms with van der Waals surface area (Å²) in [6.45, 7) is 2.55. The zero-order valence-electron chi connectivity index (χ0n) is 18.8. The maximum Gasteiger partial charge on any atom is 0.315 e. The van der Waals surface area contributed by atoms with Gasteiger partial charge in [-0.2, -0.15) is 0 Å². The Hall–Kier alpha value is -2.61. The molecule has 4 rings (SSSR count). The summed E-state index contributed by atoms with van der Waals surface area (Å²) in [6.07, 6.45) is 8.91. The monoisotopic (exact) mass is 441 g/mol. The number of hydrogen-bond acceptors (Lipinski definition) is 4. The number of rotatable bonds is 6. The highest BCUT2D eigenvalue weighted by atomic mass is 16.2. The Labute approximate surface area is 190 Å². The first kappa shape index (κ1) is 22.6. The van der Waals surface area contributed by atoms with Crippen molar-refractivity contribution in [1.29, 1.82) is 0 Å². The van der Waals surface area contributed by atoms with Crippen molar-refractivity contribution in [3.8, 4) is 0 Å². The summed E-state index contributed by atoms with van der Waals surface area (Å²) in [4.78, 5) is 40.9. The number of carbonyl (C=O) groups excluding carboxylic acids is 3. The molecule has 3 fully saturated rings. The van der Waals surface area contributed by atoms with Gasteiger partial charge in [0.05, 0.1) is 17.9 Å². The predicted molar refractivity (Wildman–Crippen MR) is 125 cm³/mol. The molecule has 2 saturated heterocycles. The zero-order chi connectivity index (χ0) is 22.3. The summed E-state index contributed by atoms with van der Waals surface area (Å²) in [5.74, 6) is 0.0272. The summed E-state index contributed by atoms with van der Waals surface area (Å²) in [7, 11) is 0. The Morgan fingerprint density at radius 2 is 1.56 bits per heavy atom. The zero-order valence-corrected chi connectivity index (χ0v) is 18.8. The van der Waals surface area contributed by atoms with Gasteiger partial charge in [-0.1, -0.05) is 31.4 Å². The van der Waals surface area contributed by atoms with Crippen LogP contribution < -0.4 is 20.9 Å². The molecule has 0 radical (unpaired) electrons. The van der Waals surface area contributed by atoms with Crippen LogP contribution in [0.25, 0.3) is 0 Å². The number of nitrogens with one attached hydrogen (secondary N) is 3. The van der Waals surface area contributed by atoms with Crippen LogP contribution in [0.15, 0.2) is 24.3 Å². The van der Waals surface area contributed by atoms with E-state index in [1.54, 1.807) is 4.90 Å². The molecule has 2 aliphatic heterocycles. The number of piperidine rings is 1. The van der Waals surface area contributed by atoms with Crippen molar-refractivity contribution in [3.63, 3.8) is 0 Å². The van der Waals surface area contributed by atoms with E-state index < -0.39 is 0 Å². The molecule has 32 heavy (non-hydrogen) atoms. The normalized spacial score (nSPS) is 20.9. The first-order valence-corrected chi connectivity index (χ1v) is 12.1. The average molecular weight is 442 g/mol. The molecule has 4 amide bonds. The van der Waals surface area contributed by atoms with Crippen LogP contribution in [-0.4, -0.2) is 61.0 Å². The fraction of sp³-hybridized carbons (Fsp3) is 0.625. The van der Waals surface area contributed by atoms with E-state index in [9.17, 15) is 14.4 Å². The molecular weight excluding hydrogens is 406 g/mol. The van der Waals surface area contributed by atoms with Crippen LogP contribution in [0.1, 0.15) is 57.8 Å². The lowest BCUT2D eigenvalue weighted by molar-refractivity contribution is -0.118. The lowest BCUT2D eigenvalue weighted by atomic mass is 9.96. The Balaban J connectivity index is 1.20. The maximum atomic E-state index is 12.7. The van der Waals surface area contributed by atoms with E-state index in [0.29, 0.717) is 31.2 Å². The molecule has 174 valence electrons. The second-order valence-electron chi connectivity index (χ2n) is 9.22. The second kappa shape index (κ2) is 10.8. The topological polar surface area (TPSA) is 93.8 Å². The number of hydrogen-bond donors (Lipinski definition) is 3. The van der Waals surface area contributed by atoms with Gasteiger partial charge in [0, 0.05) is 38.1 Å². The number of carbonyl (C=O) groups is 3. The summed E-state index contributed by atoms with van der Waals surface area (Å²) < 4.78 is 0. The summed E-state index contributed by atoms with van der Waals surface area (Å²) in [6, 6.07) is 7.90. The molecule has 1 aliphatic carbocycles. The predicted octanol–water partition coefficient (Wildman–Crippen LogP) is 2.85. The van der Waals surface area contributed by atoms with Crippen molar-refractivity contribution in [2.75, 3.05) is 36.4 Å². The number of likely N-dealkylation sites (tertiary alicyclic amines) is 1. The lowest BCUT2D eigenvalue weighted by Crippen LogP contribution is -2.51. The number of urea groups is 1. The highest BCUT2D eigenvalue weighted by Crippen LogP contribution is 2.29. The molecular formula is C24H35N5O3. The van der Waals surface area contributed by atoms with Gasteiger partial charge in [-0.3, -0.25) is 14.5 Å². The van der Waals surface area contributed by atoms with Crippen molar-refractivity contribution in [2.45, 2.75) is 69.9 Å². The van der Waals surface area contributed by atoms with Crippen LogP contribution in [0.4, 0.5) is 16.2 Å². The van der Waals surface area contributed by atoms with Crippen LogP contribution in [0.5, 0.6) is 0 Å². The number of amides is 4. The summed E-state index contributed by atoms with van der Waals surface area (Å²) in [5, 5.41) is 9.21. The van der Waals surface area contributed by atoms with E-state index >= 15 is 0 Å². The molecule has 1 saturated carbocycles. The SMILES string of the molecule is O=C(CN1CCC(NC(=O)NC2CCCCC2)CC1)Nc1ccccc1N1CCCC1=O. The number of para-hydroxylation sites is 2. The van der Waals surface area contributed by atoms with Crippen LogP contribution >= 0.6 is 0 Å². The Kier molecular flexibility index (Phi) is 7.63. The van der Waals surface area contributed by atoms with E-state index in [4.69, 9.17) is 0 Å². The van der Waals surface area contributed by atoms with Gasteiger partial charge in [-0.15, -0.1) is 0 Å². The fourth-order valence-electron chi connectivity index (χ4n) is 5.01. The van der Waals surface area contributed by atoms with Gasteiger partial charge in [-0.25, -0.2) is 4.79 Å². The highest BCUT2D eigenvalue weighted by Gasteiger charge is 2.26. The first-order chi connectivity index (χ1) is 15.6. The number of nitrogens with zero attached hydrogens (tertiary/aromatic N) is 2. The molecule has 0 aromatic heterocycles. The van der Waals surface area contributed by atoms with E-state index in [1.807, 2.05) is 24.3 Å². The summed E-state index contributed by atoms with van der Waals surface area (Å²) >= 11 is 0. The third-order valence-corrected chi connectivity index (χ3v) is 6.77. The van der Waals surface area contributed by atoms with Gasteiger partial charge in [-0.05, 0) is 44.2 Å². The highest BCUT2D eigenvalue weighted by molar-refractivity contribution is 6.02. The Bertz CT molecular complexity index is 816. The van der Waals surface area contributed by atoms with Crippen molar-refractivity contribution in [1.82, 2.24) is 15.5 Å². The number of anilines is 2. The smallest absolute Gasteiger partial charge is 0.315 e. The third-order valence-electron chi connectivity index (χ3n) is 6.77. The standard InChI is InChI=1S/C24H35N5O3/c30-22(27-20-9-4-5-10-21(20)29-14-6-11-23(29)31)17-28-15-12-19(13-16-28)26-24(32)25-18-7-2-1-3-8-18/h4-5,9-10,18-19H,1-3,6-8,11-17H2,(H,27,30)(H2,25,26,32). The Morgan fingerprint density at radius 1 is 0.875 bits per heavy atom. The third kappa shape index (κ3) is 6.00. The lowest BCUT2D eigenvalue weighted by Gasteiger charge is -2.32. The molecule has 8 nitrogen and oxygen atoms in total. The van der Waals surface area contributed by atoms with Crippen LogP contribution in [0.2, 0.25) is 0 Å². The molecule has 3 N–H and O–H groups in total. The number of benzene rings is 1. The van der Waals surface area contributed by atoms with Crippen LogP contribution in [0.3, 0.4) is 0 Å². The largest absolute Gasteiger partial charge is 0.335 e. The van der Waals surface area contributed by atoms with Crippen molar-refractivity contribution in [2.24, 2.45) is 0 Å². The Morgan fingerprint density at radius 3 is 2.25 bits per heavy atom. The van der Waals surface area contributed by atoms with Crippen molar-refractivity contribution >= 4 is 29.2 Å². The van der Waals surface area contributed by atoms with Gasteiger partial charge >= 0.3 is 6.03 Å². The van der Waals surface area contributed by atoms with Crippen molar-refractivity contribution < 1.29 is 14.4 Å². The molecule has 2 heterocycles. The minimum absolute atomic E-state index is 0.0545. The maximum absolute atomic E-state index is 12.7. The van der Waals surface area contributed by atoms with Gasteiger partial charge < -0.3 is 20.9 Å². The molecule has 1 aromatic carbocycles. The van der Waals surface area contributed by atoms with E-state index in [-0.39, 0.29) is 23.9 Å². The quantitative estimate of drug-likeness (QED) is 0.633. The molecule has 0 unspecified atom stereocenters. The van der Waals surface area contributed by atoms with Crippen molar-refractivity contribution in [3.05, 3.63) is 24.3 Å². The second-order valence-corrected chi connectivity index (χ2v) is 9.22. The molecule has 3 aliphatic rings. The fourth-order valence-corrected chi connectivity index (χ4v) is 5.01. The van der Waals surface area contributed by atoms with Crippen LogP contribution in [0, 0.1) is 0 Å². The minimum Gasteiger partial charge on any atom is -0.335 e. The molecule has 0 bridgehead atoms. The molecule has 1 aromatic rings. The van der Waals surface area contributed by atoms with E-state index in [1.165, 1.54) is 19.3 Å². The van der Waals surface area contributed by atoms with E-state index in [2.05, 4.69) is 20.9 Å². The van der Waals surface area contributed by atoms with Gasteiger partial charge in [0.2, 0.25) is 11.8 Å². The summed E-state index contributed by atoms with van der Waals surface area (Å²) in [5.41, 5.74) is 1.46. The van der Waals surface area contributed by atoms with Crippen LogP contribution in [-0.2, 0) is 9.59 Å². The first-order valence-electron chi connectivity index (χ1n) is 12.1. The minimum atomic E-state index is -0.0782. The molecule has 0 atom stereocenters. The average Bonchev–Trinajstić information content (AvgIpc) is 3.22. The van der Waals surface area contributed by atoms with Gasteiger partial charge in [0.15, 0.2) is 0 Å².